The highest BCUT2D eigenvalue weighted by atomic mass is 16.5. The lowest BCUT2D eigenvalue weighted by molar-refractivity contribution is -0.118. The Kier molecular flexibility index (Phi) is 5.33. The predicted molar refractivity (Wildman–Crippen MR) is 69.6 cm³/mol. The Morgan fingerprint density at radius 3 is 2.88 bits per heavy atom. The molecule has 1 aromatic carbocycles. The molecule has 0 fully saturated rings. The van der Waals surface area contributed by atoms with Gasteiger partial charge in [-0.3, -0.25) is 4.79 Å². The summed E-state index contributed by atoms with van der Waals surface area (Å²) in [5, 5.41) is 2.77. The molecule has 1 N–H and O–H groups in total. The first-order chi connectivity index (χ1) is 8.13. The maximum absolute atomic E-state index is 10.8. The van der Waals surface area contributed by atoms with Gasteiger partial charge in [0.25, 0.3) is 0 Å². The van der Waals surface area contributed by atoms with Crippen LogP contribution in [-0.4, -0.2) is 32.7 Å². The fourth-order valence-electron chi connectivity index (χ4n) is 1.51. The molecule has 0 bridgehead atoms. The molecule has 17 heavy (non-hydrogen) atoms. The van der Waals surface area contributed by atoms with Crippen LogP contribution in [0, 0.1) is 0 Å². The summed E-state index contributed by atoms with van der Waals surface area (Å²) in [5.74, 6) is 0.873. The van der Waals surface area contributed by atoms with Crippen molar-refractivity contribution in [2.24, 2.45) is 0 Å². The second kappa shape index (κ2) is 6.78. The molecule has 1 amide bonds. The summed E-state index contributed by atoms with van der Waals surface area (Å²) in [6.07, 6.45) is 0. The zero-order valence-corrected chi connectivity index (χ0v) is 10.7. The van der Waals surface area contributed by atoms with E-state index < -0.39 is 0 Å². The summed E-state index contributed by atoms with van der Waals surface area (Å²) in [4.78, 5) is 12.8. The molecule has 1 rings (SSSR count). The highest BCUT2D eigenvalue weighted by Crippen LogP contribution is 2.19. The Hall–Kier alpha value is -1.71. The van der Waals surface area contributed by atoms with Gasteiger partial charge in [0.15, 0.2) is 0 Å². The number of nitrogens with one attached hydrogen (secondary N) is 1. The largest absolute Gasteiger partial charge is 0.494 e. The Morgan fingerprint density at radius 1 is 1.47 bits per heavy atom. The van der Waals surface area contributed by atoms with Gasteiger partial charge < -0.3 is 15.0 Å². The third-order valence-corrected chi connectivity index (χ3v) is 2.39. The highest BCUT2D eigenvalue weighted by molar-refractivity contribution is 5.72. The minimum Gasteiger partial charge on any atom is -0.494 e. The van der Waals surface area contributed by atoms with E-state index in [2.05, 4.69) is 10.2 Å². The number of anilines is 1. The third-order valence-electron chi connectivity index (χ3n) is 2.39. The van der Waals surface area contributed by atoms with Gasteiger partial charge in [0.2, 0.25) is 5.91 Å². The number of hydrogen-bond donors (Lipinski definition) is 1. The van der Waals surface area contributed by atoms with Crippen LogP contribution in [-0.2, 0) is 4.79 Å². The van der Waals surface area contributed by atoms with Crippen molar-refractivity contribution in [3.8, 4) is 5.75 Å². The number of benzene rings is 1. The van der Waals surface area contributed by atoms with Crippen molar-refractivity contribution < 1.29 is 9.53 Å². The monoisotopic (exact) mass is 236 g/mol. The average molecular weight is 236 g/mol. The number of rotatable bonds is 6. The van der Waals surface area contributed by atoms with Crippen molar-refractivity contribution in [2.75, 3.05) is 31.6 Å². The Labute approximate surface area is 103 Å². The van der Waals surface area contributed by atoms with Gasteiger partial charge in [0.05, 0.1) is 6.61 Å². The van der Waals surface area contributed by atoms with Crippen LogP contribution in [0.5, 0.6) is 5.75 Å². The molecule has 0 radical (unpaired) electrons. The van der Waals surface area contributed by atoms with Gasteiger partial charge in [-0.1, -0.05) is 6.07 Å². The zero-order chi connectivity index (χ0) is 12.7. The molecule has 0 saturated heterocycles. The lowest BCUT2D eigenvalue weighted by Crippen LogP contribution is -2.31. The van der Waals surface area contributed by atoms with E-state index in [1.165, 1.54) is 6.92 Å². The van der Waals surface area contributed by atoms with Gasteiger partial charge in [-0.05, 0) is 19.1 Å². The van der Waals surface area contributed by atoms with E-state index in [1.54, 1.807) is 0 Å². The van der Waals surface area contributed by atoms with Crippen molar-refractivity contribution >= 4 is 11.6 Å². The normalized spacial score (nSPS) is 9.82. The summed E-state index contributed by atoms with van der Waals surface area (Å²) in [7, 11) is 1.99. The summed E-state index contributed by atoms with van der Waals surface area (Å²) < 4.78 is 5.44. The van der Waals surface area contributed by atoms with E-state index >= 15 is 0 Å². The smallest absolute Gasteiger partial charge is 0.216 e. The average Bonchev–Trinajstić information content (AvgIpc) is 2.29. The van der Waals surface area contributed by atoms with Crippen LogP contribution in [0.1, 0.15) is 13.8 Å². The molecule has 0 aliphatic heterocycles. The minimum atomic E-state index is 0.00136. The molecule has 4 nitrogen and oxygen atoms in total. The van der Waals surface area contributed by atoms with E-state index in [1.807, 2.05) is 38.2 Å². The molecule has 0 heterocycles. The quantitative estimate of drug-likeness (QED) is 0.816. The van der Waals surface area contributed by atoms with Crippen LogP contribution in [0.3, 0.4) is 0 Å². The van der Waals surface area contributed by atoms with Gasteiger partial charge in [0.1, 0.15) is 5.75 Å². The minimum absolute atomic E-state index is 0.00136. The highest BCUT2D eigenvalue weighted by Gasteiger charge is 2.02. The van der Waals surface area contributed by atoms with Crippen LogP contribution >= 0.6 is 0 Å². The number of ether oxygens (including phenoxy) is 1. The van der Waals surface area contributed by atoms with Crippen LogP contribution in [0.15, 0.2) is 24.3 Å². The van der Waals surface area contributed by atoms with Crippen molar-refractivity contribution in [1.82, 2.24) is 5.32 Å². The zero-order valence-electron chi connectivity index (χ0n) is 10.7. The van der Waals surface area contributed by atoms with Gasteiger partial charge >= 0.3 is 0 Å². The fourth-order valence-corrected chi connectivity index (χ4v) is 1.51. The first kappa shape index (κ1) is 13.4. The maximum Gasteiger partial charge on any atom is 0.216 e. The van der Waals surface area contributed by atoms with E-state index in [-0.39, 0.29) is 5.91 Å². The topological polar surface area (TPSA) is 41.6 Å². The van der Waals surface area contributed by atoms with E-state index in [0.717, 1.165) is 18.0 Å². The molecular formula is C13H20N2O2. The number of likely N-dealkylation sites (N-methyl/N-ethyl adjacent to an activating group) is 1. The number of carbonyl (C=O) groups excluding carboxylic acids is 1. The molecule has 4 heteroatoms. The number of hydrogen-bond acceptors (Lipinski definition) is 3. The number of nitrogens with zero attached hydrogens (tertiary/aromatic N) is 1. The third kappa shape index (κ3) is 4.76. The molecule has 0 spiro atoms. The SMILES string of the molecule is CCOc1cccc(N(C)CCNC(C)=O)c1. The lowest BCUT2D eigenvalue weighted by atomic mass is 10.3. The molecule has 0 aliphatic carbocycles. The molecular weight excluding hydrogens is 216 g/mol. The van der Waals surface area contributed by atoms with Gasteiger partial charge in [-0.15, -0.1) is 0 Å². The molecule has 0 saturated carbocycles. The Bertz CT molecular complexity index is 366. The summed E-state index contributed by atoms with van der Waals surface area (Å²) >= 11 is 0. The van der Waals surface area contributed by atoms with E-state index in [4.69, 9.17) is 4.74 Å². The van der Waals surface area contributed by atoms with E-state index in [9.17, 15) is 4.79 Å². The number of carbonyl (C=O) groups is 1. The molecule has 94 valence electrons. The second-order valence-electron chi connectivity index (χ2n) is 3.83. The molecule has 0 atom stereocenters. The van der Waals surface area contributed by atoms with Crippen LogP contribution < -0.4 is 15.0 Å². The fraction of sp³-hybridized carbons (Fsp3) is 0.462. The maximum atomic E-state index is 10.8. The van der Waals surface area contributed by atoms with Crippen molar-refractivity contribution in [2.45, 2.75) is 13.8 Å². The Morgan fingerprint density at radius 2 is 2.24 bits per heavy atom. The second-order valence-corrected chi connectivity index (χ2v) is 3.83. The predicted octanol–water partition coefficient (Wildman–Crippen LogP) is 1.66. The first-order valence-electron chi connectivity index (χ1n) is 5.82. The van der Waals surface area contributed by atoms with E-state index in [0.29, 0.717) is 13.2 Å². The van der Waals surface area contributed by atoms with Crippen LogP contribution in [0.2, 0.25) is 0 Å². The molecule has 0 aromatic heterocycles. The molecule has 1 aromatic rings. The van der Waals surface area contributed by atoms with Gasteiger partial charge in [-0.2, -0.15) is 0 Å². The summed E-state index contributed by atoms with van der Waals surface area (Å²) in [6.45, 7) is 5.57. The lowest BCUT2D eigenvalue weighted by Gasteiger charge is -2.20. The number of amides is 1. The van der Waals surface area contributed by atoms with Crippen LogP contribution in [0.4, 0.5) is 5.69 Å². The van der Waals surface area contributed by atoms with Gasteiger partial charge in [0, 0.05) is 38.8 Å². The molecule has 0 aliphatic rings. The summed E-state index contributed by atoms with van der Waals surface area (Å²) in [6, 6.07) is 7.93. The van der Waals surface area contributed by atoms with Crippen LogP contribution in [0.25, 0.3) is 0 Å². The first-order valence-corrected chi connectivity index (χ1v) is 5.82. The summed E-state index contributed by atoms with van der Waals surface area (Å²) in [5.41, 5.74) is 1.08. The standard InChI is InChI=1S/C13H20N2O2/c1-4-17-13-7-5-6-12(10-13)15(3)9-8-14-11(2)16/h5-7,10H,4,8-9H2,1-3H3,(H,14,16). The van der Waals surface area contributed by atoms with Crippen molar-refractivity contribution in [1.29, 1.82) is 0 Å². The van der Waals surface area contributed by atoms with Gasteiger partial charge in [-0.25, -0.2) is 0 Å². The Balaban J connectivity index is 2.52. The van der Waals surface area contributed by atoms with Crippen molar-refractivity contribution in [3.05, 3.63) is 24.3 Å². The van der Waals surface area contributed by atoms with Crippen molar-refractivity contribution in [3.63, 3.8) is 0 Å². The molecule has 0 unspecified atom stereocenters.